The molecular weight excluding hydrogens is 305 g/mol. The molecule has 0 bridgehead atoms. The molecule has 0 saturated heterocycles. The number of hydrogen-bond acceptors (Lipinski definition) is 1. The summed E-state index contributed by atoms with van der Waals surface area (Å²) < 4.78 is 14.6. The van der Waals surface area contributed by atoms with Gasteiger partial charge < -0.3 is 0 Å². The summed E-state index contributed by atoms with van der Waals surface area (Å²) in [6.45, 7) is 5.75. The van der Waals surface area contributed by atoms with Crippen LogP contribution in [0.5, 0.6) is 0 Å². The first-order valence-electron chi connectivity index (χ1n) is 5.78. The van der Waals surface area contributed by atoms with E-state index >= 15 is 0 Å². The predicted molar refractivity (Wildman–Crippen MR) is 75.0 cm³/mol. The summed E-state index contributed by atoms with van der Waals surface area (Å²) in [5.74, 6) is 0.495. The van der Waals surface area contributed by atoms with Gasteiger partial charge in [0.1, 0.15) is 5.82 Å². The molecule has 0 spiro atoms. The first-order chi connectivity index (χ1) is 8.04. The van der Waals surface area contributed by atoms with Crippen LogP contribution in [0.1, 0.15) is 25.8 Å². The third-order valence-electron chi connectivity index (χ3n) is 2.69. The van der Waals surface area contributed by atoms with Crippen molar-refractivity contribution in [3.8, 4) is 0 Å². The van der Waals surface area contributed by atoms with Gasteiger partial charge in [-0.05, 0) is 45.0 Å². The molecule has 96 valence electrons. The topological polar surface area (TPSA) is 3.24 Å². The molecule has 1 aromatic carbocycles. The molecule has 0 fully saturated rings. The maximum atomic E-state index is 13.6. The lowest BCUT2D eigenvalue weighted by Crippen LogP contribution is -2.31. The van der Waals surface area contributed by atoms with Crippen LogP contribution >= 0.6 is 27.5 Å². The molecule has 1 rings (SSSR count). The zero-order valence-corrected chi connectivity index (χ0v) is 12.6. The molecule has 0 aromatic heterocycles. The standard InChI is InChI=1S/C13H18BrClFN/c1-10(2)17(7-3-6-15)9-11-8-12(14)4-5-13(11)16/h4-5,8,10H,3,6-7,9H2,1-2H3. The second-order valence-electron chi connectivity index (χ2n) is 4.34. The normalized spacial score (nSPS) is 11.5. The van der Waals surface area contributed by atoms with Gasteiger partial charge in [-0.2, -0.15) is 0 Å². The van der Waals surface area contributed by atoms with Gasteiger partial charge in [-0.25, -0.2) is 4.39 Å². The second kappa shape index (κ2) is 7.34. The van der Waals surface area contributed by atoms with Crippen LogP contribution in [-0.2, 0) is 6.54 Å². The van der Waals surface area contributed by atoms with E-state index in [0.29, 0.717) is 18.5 Å². The molecule has 1 nitrogen and oxygen atoms in total. The van der Waals surface area contributed by atoms with Crippen LogP contribution in [0.2, 0.25) is 0 Å². The average Bonchev–Trinajstić information content (AvgIpc) is 2.28. The molecule has 0 unspecified atom stereocenters. The van der Waals surface area contributed by atoms with Crippen LogP contribution in [0.25, 0.3) is 0 Å². The molecule has 0 atom stereocenters. The third kappa shape index (κ3) is 4.94. The maximum absolute atomic E-state index is 13.6. The van der Waals surface area contributed by atoms with Crippen LogP contribution in [0.3, 0.4) is 0 Å². The summed E-state index contributed by atoms with van der Waals surface area (Å²) in [6, 6.07) is 5.44. The highest BCUT2D eigenvalue weighted by molar-refractivity contribution is 9.10. The molecule has 0 aliphatic heterocycles. The van der Waals surface area contributed by atoms with Gasteiger partial charge in [0.2, 0.25) is 0 Å². The average molecular weight is 323 g/mol. The van der Waals surface area contributed by atoms with Crippen LogP contribution in [0, 0.1) is 5.82 Å². The van der Waals surface area contributed by atoms with Crippen molar-refractivity contribution >= 4 is 27.5 Å². The second-order valence-corrected chi connectivity index (χ2v) is 5.64. The summed E-state index contributed by atoms with van der Waals surface area (Å²) in [6.07, 6.45) is 0.926. The zero-order valence-electron chi connectivity index (χ0n) is 10.2. The van der Waals surface area contributed by atoms with Crippen molar-refractivity contribution in [2.45, 2.75) is 32.9 Å². The molecule has 0 heterocycles. The van der Waals surface area contributed by atoms with Crippen LogP contribution in [0.4, 0.5) is 4.39 Å². The summed E-state index contributed by atoms with van der Waals surface area (Å²) in [5.41, 5.74) is 0.725. The Kier molecular flexibility index (Phi) is 6.45. The summed E-state index contributed by atoms with van der Waals surface area (Å²) in [7, 11) is 0. The van der Waals surface area contributed by atoms with E-state index in [-0.39, 0.29) is 5.82 Å². The van der Waals surface area contributed by atoms with Gasteiger partial charge in [0.05, 0.1) is 0 Å². The van der Waals surface area contributed by atoms with Gasteiger partial charge in [0.25, 0.3) is 0 Å². The maximum Gasteiger partial charge on any atom is 0.127 e. The Hall–Kier alpha value is -0.120. The largest absolute Gasteiger partial charge is 0.297 e. The van der Waals surface area contributed by atoms with Crippen molar-refractivity contribution in [1.29, 1.82) is 0 Å². The lowest BCUT2D eigenvalue weighted by atomic mass is 10.1. The Morgan fingerprint density at radius 2 is 2.12 bits per heavy atom. The van der Waals surface area contributed by atoms with Gasteiger partial charge in [0.15, 0.2) is 0 Å². The van der Waals surface area contributed by atoms with E-state index < -0.39 is 0 Å². The van der Waals surface area contributed by atoms with Crippen molar-refractivity contribution in [2.75, 3.05) is 12.4 Å². The SMILES string of the molecule is CC(C)N(CCCCl)Cc1cc(Br)ccc1F. The quantitative estimate of drug-likeness (QED) is 0.700. The Labute approximate surface area is 116 Å². The van der Waals surface area contributed by atoms with E-state index in [2.05, 4.69) is 34.7 Å². The number of halogens is 3. The molecule has 17 heavy (non-hydrogen) atoms. The minimum absolute atomic E-state index is 0.148. The van der Waals surface area contributed by atoms with Crippen molar-refractivity contribution < 1.29 is 4.39 Å². The molecule has 1 aromatic rings. The van der Waals surface area contributed by atoms with E-state index in [1.165, 1.54) is 6.07 Å². The number of hydrogen-bond donors (Lipinski definition) is 0. The highest BCUT2D eigenvalue weighted by Crippen LogP contribution is 2.18. The predicted octanol–water partition coefficient (Wildman–Crippen LogP) is 4.43. The molecule has 0 aliphatic carbocycles. The van der Waals surface area contributed by atoms with Crippen molar-refractivity contribution in [2.24, 2.45) is 0 Å². The Morgan fingerprint density at radius 1 is 1.41 bits per heavy atom. The molecule has 0 aliphatic rings. The monoisotopic (exact) mass is 321 g/mol. The summed E-state index contributed by atoms with van der Waals surface area (Å²) in [4.78, 5) is 2.23. The van der Waals surface area contributed by atoms with E-state index in [0.717, 1.165) is 23.0 Å². The fourth-order valence-electron chi connectivity index (χ4n) is 1.67. The summed E-state index contributed by atoms with van der Waals surface area (Å²) >= 11 is 9.07. The fraction of sp³-hybridized carbons (Fsp3) is 0.538. The van der Waals surface area contributed by atoms with E-state index in [4.69, 9.17) is 11.6 Å². The third-order valence-corrected chi connectivity index (χ3v) is 3.45. The first kappa shape index (κ1) is 14.9. The highest BCUT2D eigenvalue weighted by atomic mass is 79.9. The highest BCUT2D eigenvalue weighted by Gasteiger charge is 2.12. The molecule has 0 radical (unpaired) electrons. The lowest BCUT2D eigenvalue weighted by Gasteiger charge is -2.26. The van der Waals surface area contributed by atoms with Gasteiger partial charge in [0, 0.05) is 28.5 Å². The van der Waals surface area contributed by atoms with Crippen LogP contribution in [-0.4, -0.2) is 23.4 Å². The first-order valence-corrected chi connectivity index (χ1v) is 7.11. The molecular formula is C13H18BrClFN. The minimum Gasteiger partial charge on any atom is -0.297 e. The smallest absolute Gasteiger partial charge is 0.127 e. The molecule has 4 heteroatoms. The van der Waals surface area contributed by atoms with E-state index in [1.54, 1.807) is 6.07 Å². The van der Waals surface area contributed by atoms with E-state index in [1.807, 2.05) is 6.07 Å². The van der Waals surface area contributed by atoms with Crippen LogP contribution < -0.4 is 0 Å². The van der Waals surface area contributed by atoms with Crippen molar-refractivity contribution in [3.05, 3.63) is 34.1 Å². The van der Waals surface area contributed by atoms with Crippen molar-refractivity contribution in [1.82, 2.24) is 4.90 Å². The molecule has 0 saturated carbocycles. The molecule has 0 amide bonds. The number of rotatable bonds is 6. The van der Waals surface area contributed by atoms with Gasteiger partial charge in [-0.1, -0.05) is 15.9 Å². The van der Waals surface area contributed by atoms with Gasteiger partial charge in [-0.15, -0.1) is 11.6 Å². The Bertz CT molecular complexity index is 357. The Balaban J connectivity index is 2.74. The fourth-order valence-corrected chi connectivity index (χ4v) is 2.19. The van der Waals surface area contributed by atoms with E-state index in [9.17, 15) is 4.39 Å². The Morgan fingerprint density at radius 3 is 2.71 bits per heavy atom. The number of benzene rings is 1. The number of alkyl halides is 1. The molecule has 0 N–H and O–H groups in total. The van der Waals surface area contributed by atoms with Crippen molar-refractivity contribution in [3.63, 3.8) is 0 Å². The van der Waals surface area contributed by atoms with Gasteiger partial charge >= 0.3 is 0 Å². The van der Waals surface area contributed by atoms with Gasteiger partial charge in [-0.3, -0.25) is 4.90 Å². The zero-order chi connectivity index (χ0) is 12.8. The lowest BCUT2D eigenvalue weighted by molar-refractivity contribution is 0.211. The number of nitrogens with zero attached hydrogens (tertiary/aromatic N) is 1. The summed E-state index contributed by atoms with van der Waals surface area (Å²) in [5, 5.41) is 0. The van der Waals surface area contributed by atoms with Crippen LogP contribution in [0.15, 0.2) is 22.7 Å². The minimum atomic E-state index is -0.148.